The summed E-state index contributed by atoms with van der Waals surface area (Å²) in [7, 11) is 0. The number of aliphatic carboxylic acids is 1. The maximum absolute atomic E-state index is 10.7. The number of carboxylic acid groups (broad SMARTS) is 1. The molecule has 0 amide bonds. The standard InChI is InChI=1S/C21H32O4/c1-3-4-5-6-7-8-12-18-14-10-15-19(18)13-9-11-17(2)16-21(24,25)20(22)23/h8-9,12,24-25H,3-7,10,13-16H2,1-2H3,(H,22,23). The zero-order valence-electron chi connectivity index (χ0n) is 15.6. The molecule has 4 nitrogen and oxygen atoms in total. The zero-order valence-corrected chi connectivity index (χ0v) is 15.6. The van der Waals surface area contributed by atoms with E-state index >= 15 is 0 Å². The maximum Gasteiger partial charge on any atom is 0.364 e. The van der Waals surface area contributed by atoms with Crippen LogP contribution >= 0.6 is 0 Å². The minimum atomic E-state index is -2.72. The van der Waals surface area contributed by atoms with E-state index in [1.165, 1.54) is 43.3 Å². The Bertz CT molecular complexity index is 560. The molecule has 0 fully saturated rings. The van der Waals surface area contributed by atoms with Gasteiger partial charge >= 0.3 is 5.97 Å². The zero-order chi connectivity index (χ0) is 18.7. The lowest BCUT2D eigenvalue weighted by Gasteiger charge is -2.15. The predicted molar refractivity (Wildman–Crippen MR) is 100 cm³/mol. The number of hydrogen-bond acceptors (Lipinski definition) is 3. The fourth-order valence-electron chi connectivity index (χ4n) is 3.02. The second-order valence-electron chi connectivity index (χ2n) is 6.87. The molecule has 0 saturated carbocycles. The lowest BCUT2D eigenvalue weighted by atomic mass is 10.0. The van der Waals surface area contributed by atoms with Crippen molar-refractivity contribution in [3.8, 4) is 0 Å². The quantitative estimate of drug-likeness (QED) is 0.289. The number of carboxylic acids is 1. The summed E-state index contributed by atoms with van der Waals surface area (Å²) in [5, 5.41) is 27.4. The Morgan fingerprint density at radius 3 is 2.68 bits per heavy atom. The van der Waals surface area contributed by atoms with Gasteiger partial charge in [0.25, 0.3) is 5.79 Å². The van der Waals surface area contributed by atoms with Crippen LogP contribution in [0.3, 0.4) is 0 Å². The van der Waals surface area contributed by atoms with Crippen molar-refractivity contribution in [1.29, 1.82) is 0 Å². The van der Waals surface area contributed by atoms with Gasteiger partial charge in [0, 0.05) is 6.42 Å². The van der Waals surface area contributed by atoms with Crippen LogP contribution in [0.15, 0.2) is 40.7 Å². The van der Waals surface area contributed by atoms with Crippen LogP contribution in [0.25, 0.3) is 0 Å². The molecule has 1 aliphatic rings. The van der Waals surface area contributed by atoms with Crippen molar-refractivity contribution >= 4 is 5.97 Å². The lowest BCUT2D eigenvalue weighted by molar-refractivity contribution is -0.202. The van der Waals surface area contributed by atoms with Crippen molar-refractivity contribution < 1.29 is 20.1 Å². The molecule has 1 rings (SSSR count). The van der Waals surface area contributed by atoms with Gasteiger partial charge in [-0.25, -0.2) is 4.79 Å². The molecule has 0 bridgehead atoms. The first-order chi connectivity index (χ1) is 11.9. The molecule has 3 N–H and O–H groups in total. The first-order valence-electron chi connectivity index (χ1n) is 9.33. The van der Waals surface area contributed by atoms with Crippen LogP contribution in [-0.4, -0.2) is 27.1 Å². The van der Waals surface area contributed by atoms with Gasteiger partial charge in [-0.2, -0.15) is 0 Å². The Kier molecular flexibility index (Phi) is 9.51. The minimum absolute atomic E-state index is 0.345. The highest BCUT2D eigenvalue weighted by Crippen LogP contribution is 2.29. The van der Waals surface area contributed by atoms with E-state index in [2.05, 4.69) is 24.8 Å². The third-order valence-corrected chi connectivity index (χ3v) is 4.47. The topological polar surface area (TPSA) is 77.8 Å². The summed E-state index contributed by atoms with van der Waals surface area (Å²) in [5.74, 6) is -4.36. The van der Waals surface area contributed by atoms with Crippen molar-refractivity contribution in [2.75, 3.05) is 0 Å². The molecule has 0 aromatic rings. The van der Waals surface area contributed by atoms with Gasteiger partial charge < -0.3 is 15.3 Å². The van der Waals surface area contributed by atoms with Gasteiger partial charge in [-0.3, -0.25) is 0 Å². The minimum Gasteiger partial charge on any atom is -0.477 e. The summed E-state index contributed by atoms with van der Waals surface area (Å²) in [4.78, 5) is 10.7. The van der Waals surface area contributed by atoms with Gasteiger partial charge in [0.2, 0.25) is 0 Å². The van der Waals surface area contributed by atoms with E-state index in [9.17, 15) is 15.0 Å². The number of allylic oxidation sites excluding steroid dienone is 4. The second kappa shape index (κ2) is 11.1. The van der Waals surface area contributed by atoms with Gasteiger partial charge in [-0.15, -0.1) is 5.73 Å². The van der Waals surface area contributed by atoms with E-state index in [1.54, 1.807) is 6.92 Å². The summed E-state index contributed by atoms with van der Waals surface area (Å²) in [6.07, 6.45) is 16.5. The molecule has 1 aliphatic carbocycles. The molecule has 4 heteroatoms. The second-order valence-corrected chi connectivity index (χ2v) is 6.87. The average molecular weight is 348 g/mol. The van der Waals surface area contributed by atoms with Crippen molar-refractivity contribution in [2.24, 2.45) is 0 Å². The van der Waals surface area contributed by atoms with Crippen LogP contribution in [0.5, 0.6) is 0 Å². The van der Waals surface area contributed by atoms with Crippen molar-refractivity contribution in [2.45, 2.75) is 83.8 Å². The van der Waals surface area contributed by atoms with Crippen LogP contribution in [0.4, 0.5) is 0 Å². The molecule has 0 aromatic carbocycles. The molecule has 0 radical (unpaired) electrons. The first-order valence-corrected chi connectivity index (χ1v) is 9.33. The highest BCUT2D eigenvalue weighted by molar-refractivity contribution is 5.75. The van der Waals surface area contributed by atoms with E-state index in [0.29, 0.717) is 5.57 Å². The van der Waals surface area contributed by atoms with Crippen molar-refractivity contribution in [3.05, 3.63) is 40.7 Å². The fourth-order valence-corrected chi connectivity index (χ4v) is 3.02. The molecule has 0 unspecified atom stereocenters. The van der Waals surface area contributed by atoms with E-state index in [4.69, 9.17) is 5.11 Å². The lowest BCUT2D eigenvalue weighted by Crippen LogP contribution is -2.38. The van der Waals surface area contributed by atoms with Crippen LogP contribution in [0.1, 0.15) is 78.1 Å². The van der Waals surface area contributed by atoms with Crippen LogP contribution in [0, 0.1) is 0 Å². The van der Waals surface area contributed by atoms with Gasteiger partial charge in [0.1, 0.15) is 0 Å². The Hall–Kier alpha value is -1.61. The summed E-state index contributed by atoms with van der Waals surface area (Å²) < 4.78 is 0. The SMILES string of the molecule is CCCCCCC=CC1=C(CC=C=C(C)CC(O)(O)C(=O)O)CCC1. The smallest absolute Gasteiger partial charge is 0.364 e. The summed E-state index contributed by atoms with van der Waals surface area (Å²) in [6, 6.07) is 0. The molecule has 0 spiro atoms. The summed E-state index contributed by atoms with van der Waals surface area (Å²) in [5.41, 5.74) is 6.31. The number of carbonyl (C=O) groups is 1. The number of unbranched alkanes of at least 4 members (excludes halogenated alkanes) is 4. The molecular weight excluding hydrogens is 316 g/mol. The van der Waals surface area contributed by atoms with Gasteiger partial charge in [-0.1, -0.05) is 43.9 Å². The highest BCUT2D eigenvalue weighted by Gasteiger charge is 2.33. The number of hydrogen-bond donors (Lipinski definition) is 3. The van der Waals surface area contributed by atoms with Gasteiger partial charge in [0.15, 0.2) is 0 Å². The molecule has 0 heterocycles. The molecule has 0 atom stereocenters. The Morgan fingerprint density at radius 1 is 1.24 bits per heavy atom. The Balaban J connectivity index is 2.56. The third-order valence-electron chi connectivity index (χ3n) is 4.47. The first kappa shape index (κ1) is 21.4. The van der Waals surface area contributed by atoms with E-state index in [0.717, 1.165) is 25.7 Å². The normalized spacial score (nSPS) is 14.9. The van der Waals surface area contributed by atoms with E-state index in [-0.39, 0.29) is 6.42 Å². The molecule has 25 heavy (non-hydrogen) atoms. The molecule has 0 aromatic heterocycles. The molecule has 0 aliphatic heterocycles. The van der Waals surface area contributed by atoms with Crippen LogP contribution in [0.2, 0.25) is 0 Å². The molecule has 140 valence electrons. The van der Waals surface area contributed by atoms with Crippen LogP contribution < -0.4 is 0 Å². The Labute approximate surface area is 151 Å². The van der Waals surface area contributed by atoms with E-state index < -0.39 is 11.8 Å². The molecule has 0 saturated heterocycles. The fraction of sp³-hybridized carbons (Fsp3) is 0.619. The number of aliphatic hydroxyl groups is 2. The third kappa shape index (κ3) is 8.35. The van der Waals surface area contributed by atoms with E-state index in [1.807, 2.05) is 6.08 Å². The summed E-state index contributed by atoms with van der Waals surface area (Å²) in [6.45, 7) is 3.87. The molecular formula is C21H32O4. The maximum atomic E-state index is 10.7. The largest absolute Gasteiger partial charge is 0.477 e. The highest BCUT2D eigenvalue weighted by atomic mass is 16.5. The number of rotatable bonds is 11. The Morgan fingerprint density at radius 2 is 2.00 bits per heavy atom. The monoisotopic (exact) mass is 348 g/mol. The predicted octanol–water partition coefficient (Wildman–Crippen LogP) is 4.64. The van der Waals surface area contributed by atoms with Gasteiger partial charge in [-0.05, 0) is 62.7 Å². The average Bonchev–Trinajstić information content (AvgIpc) is 2.97. The van der Waals surface area contributed by atoms with Crippen LogP contribution in [-0.2, 0) is 4.79 Å². The van der Waals surface area contributed by atoms with Gasteiger partial charge in [0.05, 0.1) is 0 Å². The van der Waals surface area contributed by atoms with Crippen molar-refractivity contribution in [3.63, 3.8) is 0 Å². The summed E-state index contributed by atoms with van der Waals surface area (Å²) >= 11 is 0. The van der Waals surface area contributed by atoms with Crippen molar-refractivity contribution in [1.82, 2.24) is 0 Å².